The van der Waals surface area contributed by atoms with Gasteiger partial charge >= 0.3 is 0 Å². The molecular weight excluding hydrogens is 247 g/mol. The Morgan fingerprint density at radius 2 is 1.89 bits per heavy atom. The third-order valence-electron chi connectivity index (χ3n) is 2.53. The Labute approximate surface area is 110 Å². The Hall–Kier alpha value is -2.17. The van der Waals surface area contributed by atoms with Crippen molar-refractivity contribution in [3.63, 3.8) is 0 Å². The number of nitrogens with zero attached hydrogens (tertiary/aromatic N) is 1. The number of rotatable bonds is 3. The van der Waals surface area contributed by atoms with Crippen LogP contribution in [0.5, 0.6) is 5.75 Å². The fourth-order valence-electron chi connectivity index (χ4n) is 1.67. The molecule has 2 aromatic rings. The Bertz CT molecular complexity index is 633. The van der Waals surface area contributed by atoms with Crippen LogP contribution in [0.2, 0.25) is 0 Å². The number of nitrogens with one attached hydrogen (secondary N) is 1. The van der Waals surface area contributed by atoms with E-state index in [9.17, 15) is 9.18 Å². The quantitative estimate of drug-likeness (QED) is 0.925. The fraction of sp³-hybridized carbons (Fsp3) is 0.286. The molecule has 0 spiro atoms. The molecule has 1 heterocycles. The summed E-state index contributed by atoms with van der Waals surface area (Å²) >= 11 is 0. The van der Waals surface area contributed by atoms with Gasteiger partial charge in [-0.2, -0.15) is 4.39 Å². The van der Waals surface area contributed by atoms with Crippen molar-refractivity contribution < 1.29 is 9.13 Å². The zero-order valence-corrected chi connectivity index (χ0v) is 11.0. The monoisotopic (exact) mass is 262 g/mol. The summed E-state index contributed by atoms with van der Waals surface area (Å²) in [5.74, 6) is 0.239. The normalized spacial score (nSPS) is 10.8. The molecular formula is C14H15FN2O2. The number of aromatic amines is 1. The SMILES string of the molecule is Cc1nc(-c2ccc(OC(C)C)cc2)[nH]c(=O)c1F. The molecule has 0 atom stereocenters. The smallest absolute Gasteiger partial charge is 0.287 e. The Kier molecular flexibility index (Phi) is 3.64. The average Bonchev–Trinajstić information content (AvgIpc) is 2.35. The third kappa shape index (κ3) is 2.99. The number of aromatic nitrogens is 2. The minimum Gasteiger partial charge on any atom is -0.491 e. The van der Waals surface area contributed by atoms with Crippen molar-refractivity contribution in [2.45, 2.75) is 26.9 Å². The van der Waals surface area contributed by atoms with Crippen LogP contribution in [0.4, 0.5) is 4.39 Å². The van der Waals surface area contributed by atoms with Crippen LogP contribution in [-0.4, -0.2) is 16.1 Å². The Morgan fingerprint density at radius 1 is 1.26 bits per heavy atom. The molecule has 2 rings (SSSR count). The van der Waals surface area contributed by atoms with Crippen molar-refractivity contribution in [1.29, 1.82) is 0 Å². The van der Waals surface area contributed by atoms with E-state index in [0.717, 1.165) is 5.75 Å². The summed E-state index contributed by atoms with van der Waals surface area (Å²) in [6, 6.07) is 7.11. The number of H-pyrrole nitrogens is 1. The minimum atomic E-state index is -0.844. The molecule has 1 N–H and O–H groups in total. The van der Waals surface area contributed by atoms with Gasteiger partial charge in [0.2, 0.25) is 5.82 Å². The highest BCUT2D eigenvalue weighted by atomic mass is 19.1. The van der Waals surface area contributed by atoms with Crippen LogP contribution in [0.3, 0.4) is 0 Å². The molecule has 0 saturated carbocycles. The number of halogens is 1. The first-order chi connectivity index (χ1) is 8.97. The molecule has 0 aliphatic rings. The summed E-state index contributed by atoms with van der Waals surface area (Å²) in [4.78, 5) is 17.8. The molecule has 1 aromatic heterocycles. The number of aryl methyl sites for hydroxylation is 1. The van der Waals surface area contributed by atoms with Crippen LogP contribution in [0.25, 0.3) is 11.4 Å². The second kappa shape index (κ2) is 5.22. The van der Waals surface area contributed by atoms with E-state index < -0.39 is 11.4 Å². The highest BCUT2D eigenvalue weighted by Crippen LogP contribution is 2.19. The van der Waals surface area contributed by atoms with Crippen molar-refractivity contribution in [2.75, 3.05) is 0 Å². The van der Waals surface area contributed by atoms with Crippen molar-refractivity contribution in [3.8, 4) is 17.1 Å². The zero-order chi connectivity index (χ0) is 14.0. The van der Waals surface area contributed by atoms with Gasteiger partial charge in [0.15, 0.2) is 0 Å². The maximum Gasteiger partial charge on any atom is 0.287 e. The summed E-state index contributed by atoms with van der Waals surface area (Å²) in [7, 11) is 0. The maximum absolute atomic E-state index is 13.2. The van der Waals surface area contributed by atoms with Crippen LogP contribution in [0.1, 0.15) is 19.5 Å². The molecule has 100 valence electrons. The van der Waals surface area contributed by atoms with Crippen LogP contribution in [0.15, 0.2) is 29.1 Å². The lowest BCUT2D eigenvalue weighted by atomic mass is 10.2. The molecule has 0 radical (unpaired) electrons. The van der Waals surface area contributed by atoms with Gasteiger partial charge in [-0.25, -0.2) is 4.98 Å². The van der Waals surface area contributed by atoms with Crippen LogP contribution in [0, 0.1) is 12.7 Å². The fourth-order valence-corrected chi connectivity index (χ4v) is 1.67. The first-order valence-corrected chi connectivity index (χ1v) is 6.01. The van der Waals surface area contributed by atoms with Gasteiger partial charge in [0.05, 0.1) is 11.8 Å². The van der Waals surface area contributed by atoms with E-state index in [0.29, 0.717) is 11.4 Å². The van der Waals surface area contributed by atoms with E-state index in [1.807, 2.05) is 13.8 Å². The van der Waals surface area contributed by atoms with Crippen molar-refractivity contribution in [1.82, 2.24) is 9.97 Å². The molecule has 0 unspecified atom stereocenters. The van der Waals surface area contributed by atoms with Crippen molar-refractivity contribution in [3.05, 3.63) is 46.1 Å². The van der Waals surface area contributed by atoms with E-state index in [4.69, 9.17) is 4.74 Å². The lowest BCUT2D eigenvalue weighted by Crippen LogP contribution is -2.15. The molecule has 0 bridgehead atoms. The summed E-state index contributed by atoms with van der Waals surface area (Å²) in [6.07, 6.45) is 0.0943. The molecule has 0 fully saturated rings. The standard InChI is InChI=1S/C14H15FN2O2/c1-8(2)19-11-6-4-10(5-7-11)13-16-9(3)12(15)14(18)17-13/h4-8H,1-3H3,(H,16,17,18). The lowest BCUT2D eigenvalue weighted by molar-refractivity contribution is 0.242. The second-order valence-electron chi connectivity index (χ2n) is 4.50. The molecule has 0 aliphatic heterocycles. The van der Waals surface area contributed by atoms with Gasteiger partial charge in [-0.15, -0.1) is 0 Å². The number of hydrogen-bond acceptors (Lipinski definition) is 3. The summed E-state index contributed by atoms with van der Waals surface area (Å²) in [5.41, 5.74) is 0.0302. The third-order valence-corrected chi connectivity index (χ3v) is 2.53. The summed E-state index contributed by atoms with van der Waals surface area (Å²) in [5, 5.41) is 0. The van der Waals surface area contributed by atoms with Gasteiger partial charge in [0.25, 0.3) is 5.56 Å². The first kappa shape index (κ1) is 13.3. The predicted molar refractivity (Wildman–Crippen MR) is 70.8 cm³/mol. The largest absolute Gasteiger partial charge is 0.491 e. The topological polar surface area (TPSA) is 55.0 Å². The van der Waals surface area contributed by atoms with Gasteiger partial charge in [0, 0.05) is 5.56 Å². The van der Waals surface area contributed by atoms with Crippen LogP contribution < -0.4 is 10.3 Å². The van der Waals surface area contributed by atoms with Gasteiger partial charge in [-0.1, -0.05) is 0 Å². The van der Waals surface area contributed by atoms with E-state index in [2.05, 4.69) is 9.97 Å². The number of benzene rings is 1. The Morgan fingerprint density at radius 3 is 2.42 bits per heavy atom. The van der Waals surface area contributed by atoms with Gasteiger partial charge in [0.1, 0.15) is 11.6 Å². The highest BCUT2D eigenvalue weighted by Gasteiger charge is 2.08. The molecule has 0 amide bonds. The molecule has 0 aliphatic carbocycles. The van der Waals surface area contributed by atoms with E-state index >= 15 is 0 Å². The molecule has 0 saturated heterocycles. The molecule has 5 heteroatoms. The van der Waals surface area contributed by atoms with Crippen LogP contribution >= 0.6 is 0 Å². The Balaban J connectivity index is 2.35. The van der Waals surface area contributed by atoms with Crippen LogP contribution in [-0.2, 0) is 0 Å². The number of ether oxygens (including phenoxy) is 1. The lowest BCUT2D eigenvalue weighted by Gasteiger charge is -2.10. The zero-order valence-electron chi connectivity index (χ0n) is 11.0. The first-order valence-electron chi connectivity index (χ1n) is 6.01. The average molecular weight is 262 g/mol. The second-order valence-corrected chi connectivity index (χ2v) is 4.50. The van der Waals surface area contributed by atoms with Gasteiger partial charge in [-0.3, -0.25) is 4.79 Å². The van der Waals surface area contributed by atoms with Crippen molar-refractivity contribution in [2.24, 2.45) is 0 Å². The van der Waals surface area contributed by atoms with Gasteiger partial charge < -0.3 is 9.72 Å². The molecule has 4 nitrogen and oxygen atoms in total. The molecule has 19 heavy (non-hydrogen) atoms. The molecule has 1 aromatic carbocycles. The minimum absolute atomic E-state index is 0.0845. The maximum atomic E-state index is 13.2. The summed E-state index contributed by atoms with van der Waals surface area (Å²) in [6.45, 7) is 5.34. The number of hydrogen-bond donors (Lipinski definition) is 1. The predicted octanol–water partition coefficient (Wildman–Crippen LogP) is 2.67. The van der Waals surface area contributed by atoms with E-state index in [1.54, 1.807) is 24.3 Å². The summed E-state index contributed by atoms with van der Waals surface area (Å²) < 4.78 is 18.7. The van der Waals surface area contributed by atoms with E-state index in [1.165, 1.54) is 6.92 Å². The highest BCUT2D eigenvalue weighted by molar-refractivity contribution is 5.56. The van der Waals surface area contributed by atoms with Gasteiger partial charge in [-0.05, 0) is 45.0 Å². The van der Waals surface area contributed by atoms with Crippen molar-refractivity contribution >= 4 is 0 Å². The van der Waals surface area contributed by atoms with E-state index in [-0.39, 0.29) is 11.8 Å².